The maximum Gasteiger partial charge on any atom is 0.322 e. The number of amides is 2. The Morgan fingerprint density at radius 3 is 2.48 bits per heavy atom. The molecule has 0 aliphatic carbocycles. The van der Waals surface area contributed by atoms with Crippen LogP contribution in [-0.2, 0) is 19.2 Å². The molecule has 1 aliphatic rings. The number of nitrogens with two attached hydrogens (primary N) is 1. The molecule has 1 heterocycles. The fourth-order valence-corrected chi connectivity index (χ4v) is 2.20. The number of hydrogen-bond donors (Lipinski definition) is 4. The van der Waals surface area contributed by atoms with Gasteiger partial charge in [-0.3, -0.25) is 19.2 Å². The van der Waals surface area contributed by atoms with Crippen molar-refractivity contribution in [3.8, 4) is 0 Å². The van der Waals surface area contributed by atoms with Gasteiger partial charge in [-0.2, -0.15) is 0 Å². The summed E-state index contributed by atoms with van der Waals surface area (Å²) in [6, 6.07) is -1.72. The SMILES string of the molecule is NC(CCC(=O)O)C(=O)N1CCCC1C(=O)NCC(=O)O. The van der Waals surface area contributed by atoms with E-state index in [9.17, 15) is 19.2 Å². The lowest BCUT2D eigenvalue weighted by Crippen LogP contribution is -2.51. The quantitative estimate of drug-likeness (QED) is 0.441. The van der Waals surface area contributed by atoms with E-state index < -0.39 is 42.4 Å². The van der Waals surface area contributed by atoms with E-state index >= 15 is 0 Å². The third kappa shape index (κ3) is 5.03. The Morgan fingerprint density at radius 1 is 1.24 bits per heavy atom. The number of nitrogens with one attached hydrogen (secondary N) is 1. The molecule has 1 rings (SSSR count). The molecule has 0 aromatic rings. The Morgan fingerprint density at radius 2 is 1.90 bits per heavy atom. The van der Waals surface area contributed by atoms with Gasteiger partial charge in [0.1, 0.15) is 12.6 Å². The molecule has 0 radical (unpaired) electrons. The van der Waals surface area contributed by atoms with Crippen LogP contribution in [0.2, 0.25) is 0 Å². The molecule has 5 N–H and O–H groups in total. The minimum absolute atomic E-state index is 0.00582. The van der Waals surface area contributed by atoms with Crippen molar-refractivity contribution in [2.75, 3.05) is 13.1 Å². The van der Waals surface area contributed by atoms with Gasteiger partial charge in [0.2, 0.25) is 11.8 Å². The van der Waals surface area contributed by atoms with E-state index in [0.29, 0.717) is 19.4 Å². The van der Waals surface area contributed by atoms with Crippen molar-refractivity contribution in [3.63, 3.8) is 0 Å². The summed E-state index contributed by atoms with van der Waals surface area (Å²) in [5.74, 6) is -3.23. The Kier molecular flexibility index (Phi) is 6.10. The first-order valence-electron chi connectivity index (χ1n) is 6.60. The van der Waals surface area contributed by atoms with Crippen LogP contribution in [0, 0.1) is 0 Å². The van der Waals surface area contributed by atoms with Crippen molar-refractivity contribution in [2.45, 2.75) is 37.8 Å². The molecule has 21 heavy (non-hydrogen) atoms. The van der Waals surface area contributed by atoms with Crippen LogP contribution in [0.15, 0.2) is 0 Å². The predicted molar refractivity (Wildman–Crippen MR) is 70.2 cm³/mol. The van der Waals surface area contributed by atoms with Crippen LogP contribution in [0.3, 0.4) is 0 Å². The third-order valence-electron chi connectivity index (χ3n) is 3.24. The first-order chi connectivity index (χ1) is 9.82. The summed E-state index contributed by atoms with van der Waals surface area (Å²) in [6.07, 6.45) is 0.816. The second-order valence-electron chi connectivity index (χ2n) is 4.84. The van der Waals surface area contributed by atoms with Crippen LogP contribution >= 0.6 is 0 Å². The Hall–Kier alpha value is -2.16. The number of rotatable bonds is 7. The van der Waals surface area contributed by atoms with Gasteiger partial charge in [0.25, 0.3) is 0 Å². The minimum Gasteiger partial charge on any atom is -0.481 e. The molecule has 2 atom stereocenters. The zero-order valence-corrected chi connectivity index (χ0v) is 11.4. The fraction of sp³-hybridized carbons (Fsp3) is 0.667. The smallest absolute Gasteiger partial charge is 0.322 e. The molecule has 1 saturated heterocycles. The zero-order valence-electron chi connectivity index (χ0n) is 11.4. The molecule has 9 nitrogen and oxygen atoms in total. The average Bonchev–Trinajstić information content (AvgIpc) is 2.90. The standard InChI is InChI=1S/C12H19N3O6/c13-7(3-4-9(16)17)12(21)15-5-1-2-8(15)11(20)14-6-10(18)19/h7-8H,1-6,13H2,(H,14,20)(H,16,17)(H,18,19). The van der Waals surface area contributed by atoms with Gasteiger partial charge in [-0.25, -0.2) is 0 Å². The second-order valence-corrected chi connectivity index (χ2v) is 4.84. The highest BCUT2D eigenvalue weighted by atomic mass is 16.4. The first kappa shape index (κ1) is 16.9. The molecule has 2 unspecified atom stereocenters. The van der Waals surface area contributed by atoms with Crippen LogP contribution in [-0.4, -0.2) is 64.0 Å². The molecule has 0 aromatic carbocycles. The number of hydrogen-bond acceptors (Lipinski definition) is 5. The number of likely N-dealkylation sites (tertiary alicyclic amines) is 1. The molecule has 0 spiro atoms. The van der Waals surface area contributed by atoms with Gasteiger partial charge in [-0.05, 0) is 19.3 Å². The van der Waals surface area contributed by atoms with Gasteiger partial charge >= 0.3 is 11.9 Å². The molecule has 2 amide bonds. The second kappa shape index (κ2) is 7.58. The van der Waals surface area contributed by atoms with E-state index in [1.807, 2.05) is 0 Å². The van der Waals surface area contributed by atoms with Gasteiger partial charge in [0.05, 0.1) is 6.04 Å². The summed E-state index contributed by atoms with van der Waals surface area (Å²) in [5.41, 5.74) is 5.65. The van der Waals surface area contributed by atoms with Crippen LogP contribution in [0.25, 0.3) is 0 Å². The summed E-state index contributed by atoms with van der Waals surface area (Å²) in [6.45, 7) is -0.160. The third-order valence-corrected chi connectivity index (χ3v) is 3.24. The molecule has 118 valence electrons. The van der Waals surface area contributed by atoms with Gasteiger partial charge in [-0.15, -0.1) is 0 Å². The number of nitrogens with zero attached hydrogens (tertiary/aromatic N) is 1. The van der Waals surface area contributed by atoms with E-state index in [4.69, 9.17) is 15.9 Å². The Bertz CT molecular complexity index is 439. The molecule has 0 bridgehead atoms. The van der Waals surface area contributed by atoms with Crippen molar-refractivity contribution in [3.05, 3.63) is 0 Å². The van der Waals surface area contributed by atoms with Gasteiger partial charge in [0.15, 0.2) is 0 Å². The molecule has 1 fully saturated rings. The van der Waals surface area contributed by atoms with Gasteiger partial charge in [-0.1, -0.05) is 0 Å². The van der Waals surface area contributed by atoms with Crippen molar-refractivity contribution < 1.29 is 29.4 Å². The van der Waals surface area contributed by atoms with Gasteiger partial charge < -0.3 is 26.2 Å². The number of aliphatic carboxylic acids is 2. The topological polar surface area (TPSA) is 150 Å². The summed E-state index contributed by atoms with van der Waals surface area (Å²) in [7, 11) is 0. The Labute approximate surface area is 121 Å². The lowest BCUT2D eigenvalue weighted by molar-refractivity contribution is -0.141. The van der Waals surface area contributed by atoms with E-state index in [2.05, 4.69) is 5.32 Å². The molecular weight excluding hydrogens is 282 g/mol. The van der Waals surface area contributed by atoms with Crippen LogP contribution < -0.4 is 11.1 Å². The number of carbonyl (C=O) groups is 4. The van der Waals surface area contributed by atoms with E-state index in [-0.39, 0.29) is 12.8 Å². The van der Waals surface area contributed by atoms with Crippen molar-refractivity contribution in [1.29, 1.82) is 0 Å². The molecule has 0 saturated carbocycles. The molecule has 9 heteroatoms. The summed E-state index contributed by atoms with van der Waals surface area (Å²) < 4.78 is 0. The normalized spacial score (nSPS) is 19.1. The first-order valence-corrected chi connectivity index (χ1v) is 6.60. The number of carbonyl (C=O) groups excluding carboxylic acids is 2. The Balaban J connectivity index is 2.59. The fourth-order valence-electron chi connectivity index (χ4n) is 2.20. The highest BCUT2D eigenvalue weighted by Crippen LogP contribution is 2.19. The average molecular weight is 301 g/mol. The zero-order chi connectivity index (χ0) is 16.0. The maximum absolute atomic E-state index is 12.1. The molecule has 1 aliphatic heterocycles. The van der Waals surface area contributed by atoms with Crippen LogP contribution in [0.4, 0.5) is 0 Å². The van der Waals surface area contributed by atoms with Crippen molar-refractivity contribution in [1.82, 2.24) is 10.2 Å². The highest BCUT2D eigenvalue weighted by molar-refractivity contribution is 5.91. The van der Waals surface area contributed by atoms with Crippen LogP contribution in [0.1, 0.15) is 25.7 Å². The summed E-state index contributed by atoms with van der Waals surface area (Å²) >= 11 is 0. The number of carboxylic acid groups (broad SMARTS) is 2. The number of carboxylic acids is 2. The summed E-state index contributed by atoms with van der Waals surface area (Å²) in [4.78, 5) is 46.2. The van der Waals surface area contributed by atoms with Gasteiger partial charge in [0, 0.05) is 13.0 Å². The van der Waals surface area contributed by atoms with E-state index in [1.165, 1.54) is 4.90 Å². The van der Waals surface area contributed by atoms with E-state index in [1.54, 1.807) is 0 Å². The lowest BCUT2D eigenvalue weighted by atomic mass is 10.1. The lowest BCUT2D eigenvalue weighted by Gasteiger charge is -2.26. The maximum atomic E-state index is 12.1. The largest absolute Gasteiger partial charge is 0.481 e. The summed E-state index contributed by atoms with van der Waals surface area (Å²) in [5, 5.41) is 19.3. The molecular formula is C12H19N3O6. The van der Waals surface area contributed by atoms with Crippen molar-refractivity contribution in [2.24, 2.45) is 5.73 Å². The molecule has 0 aromatic heterocycles. The highest BCUT2D eigenvalue weighted by Gasteiger charge is 2.36. The van der Waals surface area contributed by atoms with Crippen molar-refractivity contribution >= 4 is 23.8 Å². The van der Waals surface area contributed by atoms with E-state index in [0.717, 1.165) is 0 Å². The predicted octanol–water partition coefficient (Wildman–Crippen LogP) is -1.63. The monoisotopic (exact) mass is 301 g/mol. The van der Waals surface area contributed by atoms with Crippen LogP contribution in [0.5, 0.6) is 0 Å². The minimum atomic E-state index is -1.17.